The fraction of sp³-hybridized carbons (Fsp3) is 0.500. The number of nitrogens with zero attached hydrogens (tertiary/aromatic N) is 1. The number of anilines is 1. The fourth-order valence-corrected chi connectivity index (χ4v) is 2.85. The second kappa shape index (κ2) is 5.69. The van der Waals surface area contributed by atoms with E-state index in [0.717, 1.165) is 6.42 Å². The molecule has 0 aromatic heterocycles. The summed E-state index contributed by atoms with van der Waals surface area (Å²) in [7, 11) is 0. The van der Waals surface area contributed by atoms with Crippen LogP contribution in [0, 0.1) is 5.82 Å². The maximum absolute atomic E-state index is 13.3. The highest BCUT2D eigenvalue weighted by Crippen LogP contribution is 2.27. The predicted octanol–water partition coefficient (Wildman–Crippen LogP) is 2.55. The van der Waals surface area contributed by atoms with Gasteiger partial charge < -0.3 is 15.7 Å². The van der Waals surface area contributed by atoms with Gasteiger partial charge in [-0.2, -0.15) is 0 Å². The average Bonchev–Trinajstić information content (AvgIpc) is 2.54. The zero-order valence-electron chi connectivity index (χ0n) is 11.3. The quantitative estimate of drug-likeness (QED) is 0.769. The van der Waals surface area contributed by atoms with Crippen LogP contribution in [0.25, 0.3) is 0 Å². The van der Waals surface area contributed by atoms with Crippen LogP contribution in [0.3, 0.4) is 0 Å². The van der Waals surface area contributed by atoms with Crippen LogP contribution in [0.4, 0.5) is 10.1 Å². The van der Waals surface area contributed by atoms with Crippen LogP contribution in [0.15, 0.2) is 16.6 Å². The molecule has 6 heteroatoms. The van der Waals surface area contributed by atoms with Crippen molar-refractivity contribution in [1.29, 1.82) is 0 Å². The third-order valence-electron chi connectivity index (χ3n) is 3.67. The Kier molecular flexibility index (Phi) is 4.34. The van der Waals surface area contributed by atoms with Crippen LogP contribution >= 0.6 is 15.9 Å². The number of aliphatic hydroxyl groups is 1. The number of carbonyl (C=O) groups is 1. The molecule has 2 rings (SSSR count). The molecule has 0 aliphatic carbocycles. The molecule has 1 aliphatic rings. The van der Waals surface area contributed by atoms with Gasteiger partial charge in [-0.25, -0.2) is 4.39 Å². The van der Waals surface area contributed by atoms with Gasteiger partial charge in [0.1, 0.15) is 5.82 Å². The van der Waals surface area contributed by atoms with Crippen molar-refractivity contribution >= 4 is 27.5 Å². The Morgan fingerprint density at radius 3 is 2.85 bits per heavy atom. The SMILES string of the molecule is CC1(O)CCCN(C(=O)c2cc(N)c(F)cc2Br)CC1. The van der Waals surface area contributed by atoms with Crippen molar-refractivity contribution in [2.45, 2.75) is 31.8 Å². The summed E-state index contributed by atoms with van der Waals surface area (Å²) in [6.45, 7) is 2.85. The molecule has 1 fully saturated rings. The van der Waals surface area contributed by atoms with Crippen LogP contribution in [0.2, 0.25) is 0 Å². The summed E-state index contributed by atoms with van der Waals surface area (Å²) < 4.78 is 13.7. The third-order valence-corrected chi connectivity index (χ3v) is 4.32. The van der Waals surface area contributed by atoms with Gasteiger partial charge in [0.05, 0.1) is 16.9 Å². The standard InChI is InChI=1S/C14H18BrFN2O2/c1-14(20)3-2-5-18(6-4-14)13(19)9-7-12(17)11(16)8-10(9)15/h7-8,20H,2-6,17H2,1H3. The van der Waals surface area contributed by atoms with Crippen LogP contribution in [0.5, 0.6) is 0 Å². The number of hydrogen-bond acceptors (Lipinski definition) is 3. The largest absolute Gasteiger partial charge is 0.396 e. The molecule has 110 valence electrons. The van der Waals surface area contributed by atoms with Gasteiger partial charge in [-0.05, 0) is 54.2 Å². The molecule has 4 nitrogen and oxygen atoms in total. The molecular formula is C14H18BrFN2O2. The van der Waals surface area contributed by atoms with E-state index in [-0.39, 0.29) is 11.6 Å². The Bertz CT molecular complexity index is 534. The van der Waals surface area contributed by atoms with E-state index in [1.807, 2.05) is 0 Å². The lowest BCUT2D eigenvalue weighted by Gasteiger charge is -2.23. The van der Waals surface area contributed by atoms with E-state index in [9.17, 15) is 14.3 Å². The van der Waals surface area contributed by atoms with Crippen molar-refractivity contribution in [3.05, 3.63) is 28.0 Å². The lowest BCUT2D eigenvalue weighted by atomic mass is 9.98. The molecule has 1 amide bonds. The molecule has 1 atom stereocenters. The average molecular weight is 345 g/mol. The normalized spacial score (nSPS) is 23.5. The number of nitrogens with two attached hydrogens (primary N) is 1. The Labute approximate surface area is 125 Å². The summed E-state index contributed by atoms with van der Waals surface area (Å²) in [5.74, 6) is -0.742. The van der Waals surface area contributed by atoms with Crippen molar-refractivity contribution in [2.75, 3.05) is 18.8 Å². The second-order valence-electron chi connectivity index (χ2n) is 5.50. The topological polar surface area (TPSA) is 66.6 Å². The molecule has 0 saturated carbocycles. The Hall–Kier alpha value is -1.14. The molecule has 0 spiro atoms. The van der Waals surface area contributed by atoms with Crippen LogP contribution in [-0.4, -0.2) is 34.6 Å². The van der Waals surface area contributed by atoms with Gasteiger partial charge in [0, 0.05) is 17.6 Å². The Balaban J connectivity index is 2.21. The fourth-order valence-electron chi connectivity index (χ4n) is 2.37. The smallest absolute Gasteiger partial charge is 0.255 e. The number of halogens is 2. The van der Waals surface area contributed by atoms with Crippen molar-refractivity contribution in [2.24, 2.45) is 0 Å². The summed E-state index contributed by atoms with van der Waals surface area (Å²) in [4.78, 5) is 14.2. The first kappa shape index (κ1) is 15.3. The van der Waals surface area contributed by atoms with E-state index in [1.54, 1.807) is 11.8 Å². The first-order valence-corrected chi connectivity index (χ1v) is 7.36. The van der Waals surface area contributed by atoms with E-state index >= 15 is 0 Å². The highest BCUT2D eigenvalue weighted by molar-refractivity contribution is 9.10. The summed E-state index contributed by atoms with van der Waals surface area (Å²) in [5.41, 5.74) is 5.11. The first-order valence-electron chi connectivity index (χ1n) is 6.56. The number of benzene rings is 1. The zero-order valence-corrected chi connectivity index (χ0v) is 12.9. The Morgan fingerprint density at radius 2 is 2.15 bits per heavy atom. The Morgan fingerprint density at radius 1 is 1.45 bits per heavy atom. The van der Waals surface area contributed by atoms with E-state index in [2.05, 4.69) is 15.9 Å². The molecule has 1 aromatic carbocycles. The van der Waals surface area contributed by atoms with Crippen molar-refractivity contribution in [3.63, 3.8) is 0 Å². The number of amides is 1. The monoisotopic (exact) mass is 344 g/mol. The first-order chi connectivity index (χ1) is 9.30. The van der Waals surface area contributed by atoms with Crippen molar-refractivity contribution < 1.29 is 14.3 Å². The molecule has 0 radical (unpaired) electrons. The van der Waals surface area contributed by atoms with Crippen LogP contribution in [-0.2, 0) is 0 Å². The van der Waals surface area contributed by atoms with E-state index in [4.69, 9.17) is 5.73 Å². The predicted molar refractivity (Wildman–Crippen MR) is 78.9 cm³/mol. The third kappa shape index (κ3) is 3.30. The highest BCUT2D eigenvalue weighted by atomic mass is 79.9. The van der Waals surface area contributed by atoms with Gasteiger partial charge in [0.25, 0.3) is 5.91 Å². The molecule has 1 aliphatic heterocycles. The van der Waals surface area contributed by atoms with Gasteiger partial charge in [-0.1, -0.05) is 0 Å². The molecule has 3 N–H and O–H groups in total. The molecule has 1 heterocycles. The summed E-state index contributed by atoms with van der Waals surface area (Å²) in [5, 5.41) is 10.0. The van der Waals surface area contributed by atoms with E-state index in [1.165, 1.54) is 12.1 Å². The number of nitrogen functional groups attached to an aromatic ring is 1. The highest BCUT2D eigenvalue weighted by Gasteiger charge is 2.28. The minimum Gasteiger partial charge on any atom is -0.396 e. The second-order valence-corrected chi connectivity index (χ2v) is 6.35. The number of hydrogen-bond donors (Lipinski definition) is 2. The van der Waals surface area contributed by atoms with Crippen molar-refractivity contribution in [3.8, 4) is 0 Å². The molecule has 0 bridgehead atoms. The minimum atomic E-state index is -0.728. The zero-order chi connectivity index (χ0) is 14.9. The van der Waals surface area contributed by atoms with Gasteiger partial charge in [0.2, 0.25) is 0 Å². The summed E-state index contributed by atoms with van der Waals surface area (Å²) >= 11 is 3.20. The lowest BCUT2D eigenvalue weighted by molar-refractivity contribution is 0.0438. The number of rotatable bonds is 1. The van der Waals surface area contributed by atoms with Gasteiger partial charge >= 0.3 is 0 Å². The number of likely N-dealkylation sites (tertiary alicyclic amines) is 1. The molecule has 20 heavy (non-hydrogen) atoms. The van der Waals surface area contributed by atoms with Crippen LogP contribution in [0.1, 0.15) is 36.5 Å². The van der Waals surface area contributed by atoms with Crippen LogP contribution < -0.4 is 5.73 Å². The summed E-state index contributed by atoms with van der Waals surface area (Å²) in [6, 6.07) is 2.56. The van der Waals surface area contributed by atoms with Crippen molar-refractivity contribution in [1.82, 2.24) is 4.90 Å². The lowest BCUT2D eigenvalue weighted by Crippen LogP contribution is -2.33. The molecule has 1 unspecified atom stereocenters. The maximum atomic E-state index is 13.3. The van der Waals surface area contributed by atoms with Gasteiger partial charge in [0.15, 0.2) is 0 Å². The number of carbonyl (C=O) groups excluding carboxylic acids is 1. The molecule has 1 aromatic rings. The van der Waals surface area contributed by atoms with E-state index in [0.29, 0.717) is 36.0 Å². The molecule has 1 saturated heterocycles. The van der Waals surface area contributed by atoms with E-state index < -0.39 is 11.4 Å². The van der Waals surface area contributed by atoms with Gasteiger partial charge in [-0.3, -0.25) is 4.79 Å². The summed E-state index contributed by atoms with van der Waals surface area (Å²) in [6.07, 6.45) is 1.95. The molecular weight excluding hydrogens is 327 g/mol. The minimum absolute atomic E-state index is 0.0432. The van der Waals surface area contributed by atoms with Gasteiger partial charge in [-0.15, -0.1) is 0 Å². The maximum Gasteiger partial charge on any atom is 0.255 e.